The van der Waals surface area contributed by atoms with E-state index in [1.807, 2.05) is 11.8 Å². The van der Waals surface area contributed by atoms with Crippen molar-refractivity contribution in [2.75, 3.05) is 37.8 Å². The van der Waals surface area contributed by atoms with Crippen molar-refractivity contribution in [1.82, 2.24) is 4.90 Å². The van der Waals surface area contributed by atoms with Gasteiger partial charge in [0.25, 0.3) is 0 Å². The van der Waals surface area contributed by atoms with Gasteiger partial charge in [0.1, 0.15) is 5.54 Å². The highest BCUT2D eigenvalue weighted by Gasteiger charge is 2.38. The minimum Gasteiger partial charge on any atom is -0.379 e. The average molecular weight is 212 g/mol. The smallest absolute Gasteiger partial charge is 0.110 e. The standard InChI is InChI=1S/C10H16N2OS/c11-9-10(1-7-14-8-2-10)12-3-5-13-6-4-12/h1-8H2. The molecule has 0 saturated carbocycles. The summed E-state index contributed by atoms with van der Waals surface area (Å²) in [5.74, 6) is 2.26. The number of ether oxygens (including phenoxy) is 1. The van der Waals surface area contributed by atoms with Crippen LogP contribution in [0, 0.1) is 11.3 Å². The Hall–Kier alpha value is -0.240. The lowest BCUT2D eigenvalue weighted by molar-refractivity contribution is -0.00600. The quantitative estimate of drug-likeness (QED) is 0.652. The zero-order valence-electron chi connectivity index (χ0n) is 8.37. The van der Waals surface area contributed by atoms with Crippen LogP contribution in [0.5, 0.6) is 0 Å². The molecule has 0 radical (unpaired) electrons. The lowest BCUT2D eigenvalue weighted by atomic mass is 9.91. The fraction of sp³-hybridized carbons (Fsp3) is 0.900. The fourth-order valence-corrected chi connectivity index (χ4v) is 3.37. The number of nitrogens with zero attached hydrogens (tertiary/aromatic N) is 2. The molecule has 0 aliphatic carbocycles. The second-order valence-corrected chi connectivity index (χ2v) is 5.08. The van der Waals surface area contributed by atoms with Gasteiger partial charge in [-0.2, -0.15) is 17.0 Å². The molecule has 78 valence electrons. The van der Waals surface area contributed by atoms with Crippen LogP contribution in [0.4, 0.5) is 0 Å². The van der Waals surface area contributed by atoms with Gasteiger partial charge in [-0.15, -0.1) is 0 Å². The van der Waals surface area contributed by atoms with Crippen LogP contribution < -0.4 is 0 Å². The maximum atomic E-state index is 9.35. The number of hydrogen-bond donors (Lipinski definition) is 0. The van der Waals surface area contributed by atoms with Crippen molar-refractivity contribution < 1.29 is 4.74 Å². The molecule has 2 aliphatic rings. The molecule has 0 aromatic rings. The van der Waals surface area contributed by atoms with Gasteiger partial charge >= 0.3 is 0 Å². The molecule has 2 heterocycles. The van der Waals surface area contributed by atoms with Gasteiger partial charge in [-0.3, -0.25) is 4.90 Å². The molecule has 2 saturated heterocycles. The Morgan fingerprint density at radius 1 is 1.21 bits per heavy atom. The normalized spacial score (nSPS) is 28.2. The molecule has 2 rings (SSSR count). The Morgan fingerprint density at radius 3 is 2.43 bits per heavy atom. The van der Waals surface area contributed by atoms with Crippen molar-refractivity contribution in [2.24, 2.45) is 0 Å². The fourth-order valence-electron chi connectivity index (χ4n) is 2.20. The first-order valence-electron chi connectivity index (χ1n) is 5.19. The zero-order valence-corrected chi connectivity index (χ0v) is 9.18. The molecule has 2 aliphatic heterocycles. The Labute approximate surface area is 89.4 Å². The van der Waals surface area contributed by atoms with Crippen LogP contribution >= 0.6 is 11.8 Å². The third-order valence-electron chi connectivity index (χ3n) is 3.14. The maximum Gasteiger partial charge on any atom is 0.110 e. The molecule has 14 heavy (non-hydrogen) atoms. The third kappa shape index (κ3) is 1.90. The summed E-state index contributed by atoms with van der Waals surface area (Å²) in [6.45, 7) is 3.43. The zero-order chi connectivity index (χ0) is 9.86. The summed E-state index contributed by atoms with van der Waals surface area (Å²) in [7, 11) is 0. The first-order valence-corrected chi connectivity index (χ1v) is 6.35. The highest BCUT2D eigenvalue weighted by Crippen LogP contribution is 2.32. The molecule has 0 bridgehead atoms. The number of thioether (sulfide) groups is 1. The van der Waals surface area contributed by atoms with Crippen LogP contribution in [0.1, 0.15) is 12.8 Å². The Morgan fingerprint density at radius 2 is 1.86 bits per heavy atom. The molecule has 0 aromatic heterocycles. The van der Waals surface area contributed by atoms with Gasteiger partial charge in [-0.05, 0) is 24.3 Å². The summed E-state index contributed by atoms with van der Waals surface area (Å²) >= 11 is 1.97. The molecule has 0 amide bonds. The van der Waals surface area contributed by atoms with Crippen LogP contribution in [-0.4, -0.2) is 48.2 Å². The first kappa shape index (κ1) is 10.3. The maximum absolute atomic E-state index is 9.35. The van der Waals surface area contributed by atoms with Crippen LogP contribution in [0.15, 0.2) is 0 Å². The molecule has 0 aromatic carbocycles. The minimum absolute atomic E-state index is 0.172. The van der Waals surface area contributed by atoms with Crippen LogP contribution in [0.2, 0.25) is 0 Å². The first-order chi connectivity index (χ1) is 6.87. The average Bonchev–Trinajstić information content (AvgIpc) is 2.31. The molecular weight excluding hydrogens is 196 g/mol. The van der Waals surface area contributed by atoms with Gasteiger partial charge in [0.15, 0.2) is 0 Å². The Bertz CT molecular complexity index is 227. The van der Waals surface area contributed by atoms with Gasteiger partial charge < -0.3 is 4.74 Å². The largest absolute Gasteiger partial charge is 0.379 e. The summed E-state index contributed by atoms with van der Waals surface area (Å²) in [5, 5.41) is 9.35. The molecule has 0 unspecified atom stereocenters. The Kier molecular flexibility index (Phi) is 3.32. The predicted octanol–water partition coefficient (Wildman–Crippen LogP) is 1.11. The summed E-state index contributed by atoms with van der Waals surface area (Å²) in [6, 6.07) is 2.54. The van der Waals surface area contributed by atoms with Crippen molar-refractivity contribution in [2.45, 2.75) is 18.4 Å². The van der Waals surface area contributed by atoms with Gasteiger partial charge in [0.2, 0.25) is 0 Å². The third-order valence-corrected chi connectivity index (χ3v) is 4.13. The lowest BCUT2D eigenvalue weighted by Gasteiger charge is -2.42. The van der Waals surface area contributed by atoms with E-state index in [0.717, 1.165) is 50.7 Å². The van der Waals surface area contributed by atoms with E-state index in [0.29, 0.717) is 0 Å². The Balaban J connectivity index is 2.06. The lowest BCUT2D eigenvalue weighted by Crippen LogP contribution is -2.54. The minimum atomic E-state index is -0.172. The number of morpholine rings is 1. The second kappa shape index (κ2) is 4.52. The van der Waals surface area contributed by atoms with E-state index in [9.17, 15) is 5.26 Å². The molecule has 0 atom stereocenters. The summed E-state index contributed by atoms with van der Waals surface area (Å²) in [5.41, 5.74) is -0.172. The van der Waals surface area contributed by atoms with Gasteiger partial charge in [-0.1, -0.05) is 0 Å². The van der Waals surface area contributed by atoms with Crippen LogP contribution in [0.25, 0.3) is 0 Å². The molecule has 3 nitrogen and oxygen atoms in total. The van der Waals surface area contributed by atoms with E-state index < -0.39 is 0 Å². The van der Waals surface area contributed by atoms with Gasteiger partial charge in [-0.25, -0.2) is 0 Å². The van der Waals surface area contributed by atoms with Gasteiger partial charge in [0, 0.05) is 13.1 Å². The molecular formula is C10H16N2OS. The number of rotatable bonds is 1. The molecule has 2 fully saturated rings. The number of nitriles is 1. The topological polar surface area (TPSA) is 36.3 Å². The number of hydrogen-bond acceptors (Lipinski definition) is 4. The second-order valence-electron chi connectivity index (χ2n) is 3.86. The van der Waals surface area contributed by atoms with E-state index >= 15 is 0 Å². The van der Waals surface area contributed by atoms with Gasteiger partial charge in [0.05, 0.1) is 19.3 Å². The van der Waals surface area contributed by atoms with Crippen LogP contribution in [0.3, 0.4) is 0 Å². The van der Waals surface area contributed by atoms with E-state index in [2.05, 4.69) is 11.0 Å². The van der Waals surface area contributed by atoms with Crippen molar-refractivity contribution in [3.05, 3.63) is 0 Å². The van der Waals surface area contributed by atoms with Crippen molar-refractivity contribution >= 4 is 11.8 Å². The van der Waals surface area contributed by atoms with Crippen molar-refractivity contribution in [1.29, 1.82) is 5.26 Å². The van der Waals surface area contributed by atoms with Crippen molar-refractivity contribution in [3.8, 4) is 6.07 Å². The summed E-state index contributed by atoms with van der Waals surface area (Å²) in [4.78, 5) is 2.33. The van der Waals surface area contributed by atoms with Crippen LogP contribution in [-0.2, 0) is 4.74 Å². The molecule has 4 heteroatoms. The SMILES string of the molecule is N#CC1(N2CCOCC2)CCSCC1. The highest BCUT2D eigenvalue weighted by atomic mass is 32.2. The summed E-state index contributed by atoms with van der Waals surface area (Å²) < 4.78 is 5.32. The highest BCUT2D eigenvalue weighted by molar-refractivity contribution is 7.99. The monoisotopic (exact) mass is 212 g/mol. The summed E-state index contributed by atoms with van der Waals surface area (Å²) in [6.07, 6.45) is 2.04. The predicted molar refractivity (Wildman–Crippen MR) is 57.3 cm³/mol. The molecule has 0 N–H and O–H groups in total. The van der Waals surface area contributed by atoms with E-state index in [1.165, 1.54) is 0 Å². The van der Waals surface area contributed by atoms with E-state index in [4.69, 9.17) is 4.74 Å². The van der Waals surface area contributed by atoms with Crippen molar-refractivity contribution in [3.63, 3.8) is 0 Å². The van der Waals surface area contributed by atoms with E-state index in [-0.39, 0.29) is 5.54 Å². The molecule has 0 spiro atoms. The van der Waals surface area contributed by atoms with E-state index in [1.54, 1.807) is 0 Å².